The van der Waals surface area contributed by atoms with Crippen molar-refractivity contribution in [2.45, 2.75) is 38.6 Å². The highest BCUT2D eigenvalue weighted by Gasteiger charge is 2.28. The number of amides is 1. The molecule has 0 aromatic heterocycles. The fraction of sp³-hybridized carbons (Fsp3) is 0.786. The van der Waals surface area contributed by atoms with Crippen LogP contribution >= 0.6 is 0 Å². The Morgan fingerprint density at radius 3 is 2.78 bits per heavy atom. The zero-order valence-electron chi connectivity index (χ0n) is 11.2. The Hall–Kier alpha value is -1.21. The van der Waals surface area contributed by atoms with E-state index >= 15 is 0 Å². The molecular formula is C14H22N2O2. The van der Waals surface area contributed by atoms with E-state index in [-0.39, 0.29) is 12.1 Å². The Balaban J connectivity index is 1.83. The molecule has 2 saturated heterocycles. The first-order valence-corrected chi connectivity index (χ1v) is 6.95. The van der Waals surface area contributed by atoms with Gasteiger partial charge in [-0.05, 0) is 45.7 Å². The van der Waals surface area contributed by atoms with E-state index in [1.807, 2.05) is 6.92 Å². The van der Waals surface area contributed by atoms with Crippen molar-refractivity contribution in [1.82, 2.24) is 9.80 Å². The van der Waals surface area contributed by atoms with E-state index in [9.17, 15) is 4.79 Å². The third-order valence-corrected chi connectivity index (χ3v) is 3.53. The van der Waals surface area contributed by atoms with Crippen molar-refractivity contribution in [3.63, 3.8) is 0 Å². The highest BCUT2D eigenvalue weighted by atomic mass is 16.6. The summed E-state index contributed by atoms with van der Waals surface area (Å²) in [4.78, 5) is 15.8. The van der Waals surface area contributed by atoms with Crippen molar-refractivity contribution < 1.29 is 9.53 Å². The third-order valence-electron chi connectivity index (χ3n) is 3.53. The fourth-order valence-corrected chi connectivity index (χ4v) is 2.56. The van der Waals surface area contributed by atoms with Gasteiger partial charge in [-0.1, -0.05) is 11.8 Å². The van der Waals surface area contributed by atoms with E-state index < -0.39 is 0 Å². The zero-order chi connectivity index (χ0) is 12.8. The second kappa shape index (κ2) is 6.65. The largest absolute Gasteiger partial charge is 0.450 e. The second-order valence-electron chi connectivity index (χ2n) is 4.85. The maximum atomic E-state index is 11.7. The van der Waals surface area contributed by atoms with Crippen molar-refractivity contribution in [3.8, 4) is 11.8 Å². The lowest BCUT2D eigenvalue weighted by atomic mass is 10.2. The van der Waals surface area contributed by atoms with Gasteiger partial charge in [0.05, 0.1) is 19.2 Å². The fourth-order valence-electron chi connectivity index (χ4n) is 2.56. The summed E-state index contributed by atoms with van der Waals surface area (Å²) < 4.78 is 5.04. The summed E-state index contributed by atoms with van der Waals surface area (Å²) in [5, 5.41) is 0. The Morgan fingerprint density at radius 1 is 1.28 bits per heavy atom. The maximum Gasteiger partial charge on any atom is 0.410 e. The van der Waals surface area contributed by atoms with Crippen LogP contribution in [0.25, 0.3) is 0 Å². The van der Waals surface area contributed by atoms with Crippen LogP contribution in [0.1, 0.15) is 32.6 Å². The molecule has 2 fully saturated rings. The number of carbonyl (C=O) groups excluding carboxylic acids is 1. The molecule has 0 bridgehead atoms. The molecule has 4 nitrogen and oxygen atoms in total. The molecule has 2 heterocycles. The Kier molecular flexibility index (Phi) is 4.89. The van der Waals surface area contributed by atoms with Gasteiger partial charge in [0.1, 0.15) is 0 Å². The van der Waals surface area contributed by atoms with Gasteiger partial charge in [0, 0.05) is 6.54 Å². The lowest BCUT2D eigenvalue weighted by Crippen LogP contribution is -2.35. The molecule has 1 amide bonds. The number of hydrogen-bond donors (Lipinski definition) is 0. The quantitative estimate of drug-likeness (QED) is 0.699. The topological polar surface area (TPSA) is 32.8 Å². The Labute approximate surface area is 109 Å². The van der Waals surface area contributed by atoms with Gasteiger partial charge >= 0.3 is 6.09 Å². The van der Waals surface area contributed by atoms with E-state index in [0.717, 1.165) is 25.9 Å². The summed E-state index contributed by atoms with van der Waals surface area (Å²) in [7, 11) is 0. The Bertz CT molecular complexity index is 339. The summed E-state index contributed by atoms with van der Waals surface area (Å²) >= 11 is 0. The summed E-state index contributed by atoms with van der Waals surface area (Å²) in [5.74, 6) is 6.45. The molecule has 2 aliphatic rings. The molecule has 1 unspecified atom stereocenters. The number of rotatable bonds is 2. The monoisotopic (exact) mass is 250 g/mol. The molecular weight excluding hydrogens is 228 g/mol. The third kappa shape index (κ3) is 3.39. The van der Waals surface area contributed by atoms with Crippen molar-refractivity contribution in [2.24, 2.45) is 0 Å². The molecule has 0 aromatic carbocycles. The van der Waals surface area contributed by atoms with Crippen molar-refractivity contribution in [1.29, 1.82) is 0 Å². The first-order chi connectivity index (χ1) is 8.81. The van der Waals surface area contributed by atoms with Crippen LogP contribution in [0.15, 0.2) is 0 Å². The van der Waals surface area contributed by atoms with Crippen LogP contribution in [0.2, 0.25) is 0 Å². The molecule has 4 heteroatoms. The number of likely N-dealkylation sites (tertiary alicyclic amines) is 2. The Morgan fingerprint density at radius 2 is 2.06 bits per heavy atom. The number of ether oxygens (including phenoxy) is 1. The highest BCUT2D eigenvalue weighted by Crippen LogP contribution is 2.17. The van der Waals surface area contributed by atoms with Gasteiger partial charge in [-0.15, -0.1) is 0 Å². The van der Waals surface area contributed by atoms with E-state index in [1.54, 1.807) is 4.90 Å². The molecule has 0 radical (unpaired) electrons. The van der Waals surface area contributed by atoms with Crippen LogP contribution < -0.4 is 0 Å². The van der Waals surface area contributed by atoms with Crippen LogP contribution in [0.5, 0.6) is 0 Å². The first kappa shape index (κ1) is 13.2. The van der Waals surface area contributed by atoms with Gasteiger partial charge in [0.2, 0.25) is 0 Å². The molecule has 100 valence electrons. The first-order valence-electron chi connectivity index (χ1n) is 6.95. The summed E-state index contributed by atoms with van der Waals surface area (Å²) in [6, 6.07) is 0.0617. The predicted octanol–water partition coefficient (Wildman–Crippen LogP) is 1.71. The molecule has 0 aromatic rings. The standard InChI is InChI=1S/C14H22N2O2/c1-2-18-14(17)16-12-6-8-13(16)7-5-11-15-9-3-4-10-15/h13H,2-4,6,8-12H2,1H3. The van der Waals surface area contributed by atoms with Crippen LogP contribution in [-0.2, 0) is 4.74 Å². The molecule has 18 heavy (non-hydrogen) atoms. The molecule has 0 saturated carbocycles. The van der Waals surface area contributed by atoms with Gasteiger partial charge in [-0.3, -0.25) is 9.80 Å². The maximum absolute atomic E-state index is 11.7. The van der Waals surface area contributed by atoms with Crippen molar-refractivity contribution in [2.75, 3.05) is 32.8 Å². The number of nitrogens with zero attached hydrogens (tertiary/aromatic N) is 2. The van der Waals surface area contributed by atoms with E-state index in [1.165, 1.54) is 25.9 Å². The van der Waals surface area contributed by atoms with E-state index in [0.29, 0.717) is 6.61 Å². The van der Waals surface area contributed by atoms with Crippen LogP contribution in [-0.4, -0.2) is 54.7 Å². The van der Waals surface area contributed by atoms with Crippen molar-refractivity contribution >= 4 is 6.09 Å². The minimum absolute atomic E-state index is 0.0617. The average molecular weight is 250 g/mol. The van der Waals surface area contributed by atoms with E-state index in [4.69, 9.17) is 4.74 Å². The summed E-state index contributed by atoms with van der Waals surface area (Å²) in [6.07, 6.45) is 4.38. The summed E-state index contributed by atoms with van der Waals surface area (Å²) in [6.45, 7) is 6.22. The van der Waals surface area contributed by atoms with Crippen LogP contribution in [0, 0.1) is 11.8 Å². The van der Waals surface area contributed by atoms with Crippen molar-refractivity contribution in [3.05, 3.63) is 0 Å². The van der Waals surface area contributed by atoms with Gasteiger partial charge < -0.3 is 4.74 Å². The molecule has 0 aliphatic carbocycles. The normalized spacial score (nSPS) is 23.8. The van der Waals surface area contributed by atoms with Gasteiger partial charge in [-0.25, -0.2) is 4.79 Å². The highest BCUT2D eigenvalue weighted by molar-refractivity contribution is 5.69. The summed E-state index contributed by atoms with van der Waals surface area (Å²) in [5.41, 5.74) is 0. The number of hydrogen-bond acceptors (Lipinski definition) is 3. The lowest BCUT2D eigenvalue weighted by Gasteiger charge is -2.19. The predicted molar refractivity (Wildman–Crippen MR) is 70.2 cm³/mol. The average Bonchev–Trinajstić information content (AvgIpc) is 3.00. The smallest absolute Gasteiger partial charge is 0.410 e. The molecule has 0 spiro atoms. The molecule has 2 aliphatic heterocycles. The zero-order valence-corrected chi connectivity index (χ0v) is 11.2. The second-order valence-corrected chi connectivity index (χ2v) is 4.85. The number of carbonyl (C=O) groups is 1. The SMILES string of the molecule is CCOC(=O)N1CCCC1C#CCN1CCCC1. The van der Waals surface area contributed by atoms with Crippen LogP contribution in [0.4, 0.5) is 4.79 Å². The minimum Gasteiger partial charge on any atom is -0.450 e. The van der Waals surface area contributed by atoms with Gasteiger partial charge in [0.25, 0.3) is 0 Å². The molecule has 2 rings (SSSR count). The van der Waals surface area contributed by atoms with Gasteiger partial charge in [0.15, 0.2) is 0 Å². The van der Waals surface area contributed by atoms with Crippen LogP contribution in [0.3, 0.4) is 0 Å². The molecule has 0 N–H and O–H groups in total. The van der Waals surface area contributed by atoms with Gasteiger partial charge in [-0.2, -0.15) is 0 Å². The lowest BCUT2D eigenvalue weighted by molar-refractivity contribution is 0.109. The van der Waals surface area contributed by atoms with E-state index in [2.05, 4.69) is 16.7 Å². The molecule has 1 atom stereocenters. The minimum atomic E-state index is -0.213.